The maximum Gasteiger partial charge on any atom is 0.407 e. The molecule has 1 aliphatic carbocycles. The van der Waals surface area contributed by atoms with Crippen molar-refractivity contribution in [1.29, 1.82) is 0 Å². The molecule has 0 bridgehead atoms. The molecule has 1 aromatic carbocycles. The van der Waals surface area contributed by atoms with Gasteiger partial charge in [-0.25, -0.2) is 9.59 Å². The van der Waals surface area contributed by atoms with Crippen LogP contribution in [0.25, 0.3) is 0 Å². The van der Waals surface area contributed by atoms with Crippen molar-refractivity contribution in [2.75, 3.05) is 13.7 Å². The number of carbonyl (C=O) groups excluding carboxylic acids is 2. The van der Waals surface area contributed by atoms with E-state index >= 15 is 0 Å². The van der Waals surface area contributed by atoms with Crippen LogP contribution < -0.4 is 5.32 Å². The van der Waals surface area contributed by atoms with Gasteiger partial charge in [-0.05, 0) is 43.4 Å². The summed E-state index contributed by atoms with van der Waals surface area (Å²) in [6.45, 7) is 0.397. The van der Waals surface area contributed by atoms with Gasteiger partial charge in [0.15, 0.2) is 0 Å². The molecule has 1 aromatic rings. The van der Waals surface area contributed by atoms with E-state index in [0.29, 0.717) is 24.9 Å². The lowest BCUT2D eigenvalue weighted by Crippen LogP contribution is -2.48. The second-order valence-electron chi connectivity index (χ2n) is 6.27. The van der Waals surface area contributed by atoms with E-state index in [1.54, 1.807) is 12.1 Å². The number of benzene rings is 1. The Morgan fingerprint density at radius 1 is 1.25 bits per heavy atom. The first-order valence-corrected chi connectivity index (χ1v) is 7.97. The van der Waals surface area contributed by atoms with Crippen LogP contribution in [-0.2, 0) is 15.1 Å². The summed E-state index contributed by atoms with van der Waals surface area (Å²) < 4.78 is 4.67. The number of hydrogen-bond donors (Lipinski definition) is 2. The van der Waals surface area contributed by atoms with Gasteiger partial charge in [0.25, 0.3) is 0 Å². The van der Waals surface area contributed by atoms with Gasteiger partial charge in [0.2, 0.25) is 5.91 Å². The SMILES string of the molecule is COC(=O)c1ccc(C2(NC(=O)[C@H]3CCCN3C(=O)O)CC2)cc1. The molecule has 7 nitrogen and oxygen atoms in total. The minimum absolute atomic E-state index is 0.246. The fraction of sp³-hybridized carbons (Fsp3) is 0.471. The van der Waals surface area contributed by atoms with Crippen molar-refractivity contribution < 1.29 is 24.2 Å². The van der Waals surface area contributed by atoms with E-state index in [9.17, 15) is 19.5 Å². The molecule has 7 heteroatoms. The Bertz CT molecular complexity index is 666. The number of carbonyl (C=O) groups is 3. The Hall–Kier alpha value is -2.57. The fourth-order valence-electron chi connectivity index (χ4n) is 3.24. The standard InChI is InChI=1S/C17H20N2O5/c1-24-15(21)11-4-6-12(7-5-11)17(8-9-17)18-14(20)13-3-2-10-19(13)16(22)23/h4-7,13H,2-3,8-10H2,1H3,(H,18,20)(H,22,23)/t13-/m1/s1. The summed E-state index contributed by atoms with van der Waals surface area (Å²) in [6.07, 6.45) is 1.80. The molecule has 3 rings (SSSR count). The van der Waals surface area contributed by atoms with Gasteiger partial charge < -0.3 is 15.2 Å². The zero-order valence-electron chi connectivity index (χ0n) is 13.4. The van der Waals surface area contributed by atoms with Gasteiger partial charge in [-0.2, -0.15) is 0 Å². The summed E-state index contributed by atoms with van der Waals surface area (Å²) >= 11 is 0. The lowest BCUT2D eigenvalue weighted by molar-refractivity contribution is -0.126. The van der Waals surface area contributed by atoms with E-state index in [1.807, 2.05) is 12.1 Å². The van der Waals surface area contributed by atoms with Gasteiger partial charge in [-0.1, -0.05) is 12.1 Å². The first-order chi connectivity index (χ1) is 11.5. The number of nitrogens with zero attached hydrogens (tertiary/aromatic N) is 1. The highest BCUT2D eigenvalue weighted by Crippen LogP contribution is 2.45. The third-order valence-electron chi connectivity index (χ3n) is 4.77. The highest BCUT2D eigenvalue weighted by molar-refractivity contribution is 5.89. The molecule has 24 heavy (non-hydrogen) atoms. The number of hydrogen-bond acceptors (Lipinski definition) is 4. The third-order valence-corrected chi connectivity index (χ3v) is 4.77. The van der Waals surface area contributed by atoms with E-state index in [-0.39, 0.29) is 5.91 Å². The molecule has 1 heterocycles. The smallest absolute Gasteiger partial charge is 0.407 e. The summed E-state index contributed by atoms with van der Waals surface area (Å²) in [6, 6.07) is 6.35. The van der Waals surface area contributed by atoms with E-state index in [2.05, 4.69) is 10.1 Å². The third kappa shape index (κ3) is 2.93. The number of ether oxygens (including phenoxy) is 1. The second kappa shape index (κ2) is 6.14. The Balaban J connectivity index is 1.71. The molecule has 2 aliphatic rings. The van der Waals surface area contributed by atoms with Crippen molar-refractivity contribution in [3.05, 3.63) is 35.4 Å². The van der Waals surface area contributed by atoms with Crippen LogP contribution in [0.2, 0.25) is 0 Å². The Morgan fingerprint density at radius 2 is 1.92 bits per heavy atom. The average Bonchev–Trinajstić information content (AvgIpc) is 3.18. The van der Waals surface area contributed by atoms with Gasteiger partial charge in [0.05, 0.1) is 18.2 Å². The summed E-state index contributed by atoms with van der Waals surface area (Å²) in [7, 11) is 1.33. The molecule has 2 fully saturated rings. The van der Waals surface area contributed by atoms with Gasteiger partial charge in [0, 0.05) is 6.54 Å². The van der Waals surface area contributed by atoms with Crippen LogP contribution >= 0.6 is 0 Å². The predicted octanol–water partition coefficient (Wildman–Crippen LogP) is 1.72. The molecule has 0 radical (unpaired) electrons. The monoisotopic (exact) mass is 332 g/mol. The molecule has 1 saturated heterocycles. The van der Waals surface area contributed by atoms with Crippen LogP contribution in [0.4, 0.5) is 4.79 Å². The quantitative estimate of drug-likeness (QED) is 0.819. The molecule has 2 amide bonds. The zero-order chi connectivity index (χ0) is 17.3. The molecule has 2 N–H and O–H groups in total. The fourth-order valence-corrected chi connectivity index (χ4v) is 3.24. The zero-order valence-corrected chi connectivity index (χ0v) is 13.4. The second-order valence-corrected chi connectivity index (χ2v) is 6.27. The van der Waals surface area contributed by atoms with Gasteiger partial charge >= 0.3 is 12.1 Å². The molecular formula is C17H20N2O5. The number of esters is 1. The summed E-state index contributed by atoms with van der Waals surface area (Å²) in [5.41, 5.74) is 0.929. The van der Waals surface area contributed by atoms with Crippen LogP contribution in [0.1, 0.15) is 41.6 Å². The first kappa shape index (κ1) is 16.3. The highest BCUT2D eigenvalue weighted by atomic mass is 16.5. The van der Waals surface area contributed by atoms with Crippen molar-refractivity contribution in [2.45, 2.75) is 37.3 Å². The molecule has 0 aromatic heterocycles. The predicted molar refractivity (Wildman–Crippen MR) is 84.6 cm³/mol. The van der Waals surface area contributed by atoms with E-state index in [1.165, 1.54) is 12.0 Å². The van der Waals surface area contributed by atoms with E-state index in [0.717, 1.165) is 18.4 Å². The summed E-state index contributed by atoms with van der Waals surface area (Å²) in [4.78, 5) is 36.4. The number of nitrogens with one attached hydrogen (secondary N) is 1. The summed E-state index contributed by atoms with van der Waals surface area (Å²) in [5, 5.41) is 12.2. The average molecular weight is 332 g/mol. The van der Waals surface area contributed by atoms with Crippen molar-refractivity contribution in [2.24, 2.45) is 0 Å². The van der Waals surface area contributed by atoms with Crippen LogP contribution in [-0.4, -0.2) is 47.7 Å². The van der Waals surface area contributed by atoms with Crippen LogP contribution in [0.15, 0.2) is 24.3 Å². The van der Waals surface area contributed by atoms with E-state index < -0.39 is 23.6 Å². The maximum atomic E-state index is 12.5. The molecule has 0 unspecified atom stereocenters. The number of carboxylic acid groups (broad SMARTS) is 1. The van der Waals surface area contributed by atoms with Crippen LogP contribution in [0.3, 0.4) is 0 Å². The van der Waals surface area contributed by atoms with Gasteiger partial charge in [-0.3, -0.25) is 9.69 Å². The van der Waals surface area contributed by atoms with Gasteiger partial charge in [-0.15, -0.1) is 0 Å². The highest BCUT2D eigenvalue weighted by Gasteiger charge is 2.47. The molecule has 128 valence electrons. The molecule has 1 saturated carbocycles. The number of amides is 2. The lowest BCUT2D eigenvalue weighted by atomic mass is 10.0. The first-order valence-electron chi connectivity index (χ1n) is 7.97. The normalized spacial score (nSPS) is 21.2. The largest absolute Gasteiger partial charge is 0.465 e. The molecule has 1 atom stereocenters. The molecular weight excluding hydrogens is 312 g/mol. The number of rotatable bonds is 4. The molecule has 1 aliphatic heterocycles. The van der Waals surface area contributed by atoms with Crippen molar-refractivity contribution in [1.82, 2.24) is 10.2 Å². The lowest BCUT2D eigenvalue weighted by Gasteiger charge is -2.25. The van der Waals surface area contributed by atoms with Crippen LogP contribution in [0, 0.1) is 0 Å². The maximum absolute atomic E-state index is 12.5. The van der Waals surface area contributed by atoms with Crippen molar-refractivity contribution in [3.8, 4) is 0 Å². The number of methoxy groups -OCH3 is 1. The summed E-state index contributed by atoms with van der Waals surface area (Å²) in [5.74, 6) is -0.650. The Morgan fingerprint density at radius 3 is 2.46 bits per heavy atom. The Labute approximate surface area is 139 Å². The molecule has 0 spiro atoms. The van der Waals surface area contributed by atoms with Crippen molar-refractivity contribution in [3.63, 3.8) is 0 Å². The topological polar surface area (TPSA) is 95.9 Å². The number of likely N-dealkylation sites (tertiary alicyclic amines) is 1. The Kier molecular flexibility index (Phi) is 4.17. The van der Waals surface area contributed by atoms with E-state index in [4.69, 9.17) is 0 Å². The minimum atomic E-state index is -1.06. The minimum Gasteiger partial charge on any atom is -0.465 e. The van der Waals surface area contributed by atoms with Gasteiger partial charge in [0.1, 0.15) is 6.04 Å². The van der Waals surface area contributed by atoms with Crippen LogP contribution in [0.5, 0.6) is 0 Å². The van der Waals surface area contributed by atoms with Crippen molar-refractivity contribution >= 4 is 18.0 Å².